The van der Waals surface area contributed by atoms with Crippen LogP contribution in [0.1, 0.15) is 26.2 Å². The van der Waals surface area contributed by atoms with E-state index >= 15 is 0 Å². The summed E-state index contributed by atoms with van der Waals surface area (Å²) in [5.74, 6) is 1.23. The van der Waals surface area contributed by atoms with Crippen molar-refractivity contribution in [2.75, 3.05) is 19.8 Å². The van der Waals surface area contributed by atoms with Crippen LogP contribution >= 0.6 is 0 Å². The highest BCUT2D eigenvalue weighted by molar-refractivity contribution is 5.74. The van der Waals surface area contributed by atoms with Gasteiger partial charge in [-0.25, -0.2) is 4.79 Å². The third-order valence-corrected chi connectivity index (χ3v) is 3.82. The Morgan fingerprint density at radius 1 is 1.38 bits per heavy atom. The Bertz CT molecular complexity index is 448. The standard InChI is InChI=1S/C16H24N2O3/c1-16(12-19,13-8-9-13)18-15(20)17-10-5-11-21-14-6-3-2-4-7-14/h2-4,6-7,13,19H,5,8-12H2,1H3,(H2,17,18,20). The topological polar surface area (TPSA) is 70.6 Å². The lowest BCUT2D eigenvalue weighted by Gasteiger charge is -2.28. The number of carbonyl (C=O) groups excluding carboxylic acids is 1. The van der Waals surface area contributed by atoms with Crippen molar-refractivity contribution in [2.24, 2.45) is 5.92 Å². The predicted molar refractivity (Wildman–Crippen MR) is 81.3 cm³/mol. The zero-order valence-electron chi connectivity index (χ0n) is 12.5. The van der Waals surface area contributed by atoms with E-state index in [2.05, 4.69) is 10.6 Å². The predicted octanol–water partition coefficient (Wildman–Crippen LogP) is 1.92. The molecule has 1 aliphatic rings. The first-order chi connectivity index (χ1) is 10.1. The van der Waals surface area contributed by atoms with Gasteiger partial charge in [0.2, 0.25) is 0 Å². The molecular weight excluding hydrogens is 268 g/mol. The molecule has 0 aromatic heterocycles. The first kappa shape index (κ1) is 15.6. The van der Waals surface area contributed by atoms with Gasteiger partial charge < -0.3 is 20.5 Å². The lowest BCUT2D eigenvalue weighted by molar-refractivity contribution is 0.155. The van der Waals surface area contributed by atoms with Crippen LogP contribution in [0.5, 0.6) is 5.75 Å². The van der Waals surface area contributed by atoms with Gasteiger partial charge >= 0.3 is 6.03 Å². The fourth-order valence-corrected chi connectivity index (χ4v) is 2.28. The molecule has 1 fully saturated rings. The van der Waals surface area contributed by atoms with Crippen LogP contribution in [-0.4, -0.2) is 36.4 Å². The highest BCUT2D eigenvalue weighted by Gasteiger charge is 2.42. The molecule has 2 amide bonds. The molecule has 3 N–H and O–H groups in total. The zero-order valence-corrected chi connectivity index (χ0v) is 12.5. The Labute approximate surface area is 125 Å². The first-order valence-corrected chi connectivity index (χ1v) is 7.49. The molecular formula is C16H24N2O3. The van der Waals surface area contributed by atoms with Crippen LogP contribution in [0.3, 0.4) is 0 Å². The summed E-state index contributed by atoms with van der Waals surface area (Å²) >= 11 is 0. The third-order valence-electron chi connectivity index (χ3n) is 3.82. The number of benzene rings is 1. The quantitative estimate of drug-likeness (QED) is 0.641. The van der Waals surface area contributed by atoms with Gasteiger partial charge in [-0.1, -0.05) is 18.2 Å². The van der Waals surface area contributed by atoms with Gasteiger partial charge in [-0.3, -0.25) is 0 Å². The monoisotopic (exact) mass is 292 g/mol. The number of carbonyl (C=O) groups is 1. The molecule has 0 bridgehead atoms. The minimum absolute atomic E-state index is 0.0256. The number of hydrogen-bond donors (Lipinski definition) is 3. The molecule has 1 atom stereocenters. The van der Waals surface area contributed by atoms with Crippen LogP contribution in [0.4, 0.5) is 4.79 Å². The van der Waals surface area contributed by atoms with Crippen LogP contribution in [0.25, 0.3) is 0 Å². The second-order valence-corrected chi connectivity index (χ2v) is 5.75. The van der Waals surface area contributed by atoms with E-state index in [-0.39, 0.29) is 12.6 Å². The number of hydrogen-bond acceptors (Lipinski definition) is 3. The van der Waals surface area contributed by atoms with Crippen molar-refractivity contribution in [2.45, 2.75) is 31.7 Å². The van der Waals surface area contributed by atoms with Crippen molar-refractivity contribution in [3.63, 3.8) is 0 Å². The summed E-state index contributed by atoms with van der Waals surface area (Å²) in [7, 11) is 0. The van der Waals surface area contributed by atoms with Crippen LogP contribution < -0.4 is 15.4 Å². The van der Waals surface area contributed by atoms with Crippen LogP contribution in [0, 0.1) is 5.92 Å². The molecule has 0 saturated heterocycles. The molecule has 0 radical (unpaired) electrons. The van der Waals surface area contributed by atoms with Crippen molar-refractivity contribution in [3.05, 3.63) is 30.3 Å². The number of nitrogens with one attached hydrogen (secondary N) is 2. The number of urea groups is 1. The van der Waals surface area contributed by atoms with Crippen molar-refractivity contribution >= 4 is 6.03 Å². The smallest absolute Gasteiger partial charge is 0.315 e. The summed E-state index contributed by atoms with van der Waals surface area (Å²) in [5, 5.41) is 15.1. The average molecular weight is 292 g/mol. The third kappa shape index (κ3) is 4.93. The zero-order chi connectivity index (χ0) is 15.1. The van der Waals surface area contributed by atoms with E-state index in [1.807, 2.05) is 37.3 Å². The number of amides is 2. The molecule has 5 nitrogen and oxygen atoms in total. The summed E-state index contributed by atoms with van der Waals surface area (Å²) in [5.41, 5.74) is -0.495. The Hall–Kier alpha value is -1.75. The summed E-state index contributed by atoms with van der Waals surface area (Å²) < 4.78 is 5.55. The van der Waals surface area contributed by atoms with Gasteiger partial charge in [0.1, 0.15) is 5.75 Å². The summed E-state index contributed by atoms with van der Waals surface area (Å²) in [6, 6.07) is 9.38. The Kier molecular flexibility index (Phi) is 5.44. The normalized spacial score (nSPS) is 16.9. The van der Waals surface area contributed by atoms with Gasteiger partial charge in [-0.2, -0.15) is 0 Å². The number of rotatable bonds is 8. The molecule has 1 aliphatic carbocycles. The van der Waals surface area contributed by atoms with Crippen LogP contribution in [-0.2, 0) is 0 Å². The molecule has 1 saturated carbocycles. The van der Waals surface area contributed by atoms with E-state index in [9.17, 15) is 9.90 Å². The Morgan fingerprint density at radius 2 is 2.10 bits per heavy atom. The highest BCUT2D eigenvalue weighted by Crippen LogP contribution is 2.39. The van der Waals surface area contributed by atoms with E-state index in [4.69, 9.17) is 4.74 Å². The molecule has 0 heterocycles. The molecule has 21 heavy (non-hydrogen) atoms. The second-order valence-electron chi connectivity index (χ2n) is 5.75. The van der Waals surface area contributed by atoms with Crippen molar-refractivity contribution < 1.29 is 14.6 Å². The van der Waals surface area contributed by atoms with Gasteiger partial charge in [0.05, 0.1) is 18.8 Å². The first-order valence-electron chi connectivity index (χ1n) is 7.49. The maximum Gasteiger partial charge on any atom is 0.315 e. The fourth-order valence-electron chi connectivity index (χ4n) is 2.28. The molecule has 116 valence electrons. The van der Waals surface area contributed by atoms with Crippen molar-refractivity contribution in [1.82, 2.24) is 10.6 Å². The average Bonchev–Trinajstić information content (AvgIpc) is 3.33. The molecule has 1 unspecified atom stereocenters. The van der Waals surface area contributed by atoms with E-state index in [0.717, 1.165) is 25.0 Å². The van der Waals surface area contributed by atoms with Crippen molar-refractivity contribution in [1.29, 1.82) is 0 Å². The van der Waals surface area contributed by atoms with E-state index in [0.29, 0.717) is 19.1 Å². The summed E-state index contributed by atoms with van der Waals surface area (Å²) in [4.78, 5) is 11.8. The summed E-state index contributed by atoms with van der Waals surface area (Å²) in [6.45, 7) is 2.97. The van der Waals surface area contributed by atoms with Gasteiger partial charge in [-0.05, 0) is 44.2 Å². The lowest BCUT2D eigenvalue weighted by Crippen LogP contribution is -2.54. The minimum Gasteiger partial charge on any atom is -0.494 e. The maximum absolute atomic E-state index is 11.8. The Morgan fingerprint density at radius 3 is 2.71 bits per heavy atom. The SMILES string of the molecule is CC(CO)(NC(=O)NCCCOc1ccccc1)C1CC1. The van der Waals surface area contributed by atoms with Crippen LogP contribution in [0.15, 0.2) is 30.3 Å². The van der Waals surface area contributed by atoms with E-state index < -0.39 is 5.54 Å². The number of aliphatic hydroxyl groups is 1. The molecule has 1 aromatic carbocycles. The summed E-state index contributed by atoms with van der Waals surface area (Å²) in [6.07, 6.45) is 2.88. The van der Waals surface area contributed by atoms with Gasteiger partial charge in [0.15, 0.2) is 0 Å². The molecule has 5 heteroatoms. The molecule has 2 rings (SSSR count). The second kappa shape index (κ2) is 7.31. The number of para-hydroxylation sites is 1. The molecule has 0 spiro atoms. The van der Waals surface area contributed by atoms with Gasteiger partial charge in [-0.15, -0.1) is 0 Å². The van der Waals surface area contributed by atoms with Gasteiger partial charge in [0, 0.05) is 6.54 Å². The molecule has 0 aliphatic heterocycles. The number of ether oxygens (including phenoxy) is 1. The van der Waals surface area contributed by atoms with Crippen LogP contribution in [0.2, 0.25) is 0 Å². The Balaban J connectivity index is 1.59. The van der Waals surface area contributed by atoms with Gasteiger partial charge in [0.25, 0.3) is 0 Å². The number of aliphatic hydroxyl groups excluding tert-OH is 1. The highest BCUT2D eigenvalue weighted by atomic mass is 16.5. The fraction of sp³-hybridized carbons (Fsp3) is 0.562. The maximum atomic E-state index is 11.8. The van der Waals surface area contributed by atoms with E-state index in [1.165, 1.54) is 0 Å². The minimum atomic E-state index is -0.495. The van der Waals surface area contributed by atoms with Crippen molar-refractivity contribution in [3.8, 4) is 5.75 Å². The lowest BCUT2D eigenvalue weighted by atomic mass is 9.97. The largest absolute Gasteiger partial charge is 0.494 e. The molecule has 1 aromatic rings. The van der Waals surface area contributed by atoms with E-state index in [1.54, 1.807) is 0 Å².